The number of benzene rings is 2. The maximum Gasteiger partial charge on any atom is 0.298 e. The molecule has 0 aliphatic heterocycles. The molecule has 0 heterocycles. The van der Waals surface area contributed by atoms with Crippen LogP contribution in [0.4, 0.5) is 4.39 Å². The fourth-order valence-electron chi connectivity index (χ4n) is 1.96. The van der Waals surface area contributed by atoms with E-state index < -0.39 is 0 Å². The zero-order valence-electron chi connectivity index (χ0n) is 11.0. The molecule has 3 heteroatoms. The van der Waals surface area contributed by atoms with Crippen LogP contribution in [0.2, 0.25) is 0 Å². The van der Waals surface area contributed by atoms with Crippen molar-refractivity contribution in [3.05, 3.63) is 66.5 Å². The van der Waals surface area contributed by atoms with Gasteiger partial charge in [0.25, 0.3) is 6.47 Å². The van der Waals surface area contributed by atoms with Gasteiger partial charge in [-0.05, 0) is 41.7 Å². The second-order valence-electron chi connectivity index (χ2n) is 4.34. The lowest BCUT2D eigenvalue weighted by Crippen LogP contribution is -1.88. The molecule has 0 amide bonds. The van der Waals surface area contributed by atoms with Crippen LogP contribution >= 0.6 is 0 Å². The Labute approximate surface area is 117 Å². The number of hydrogen-bond donors (Lipinski definition) is 0. The van der Waals surface area contributed by atoms with Crippen LogP contribution in [-0.4, -0.2) is 6.47 Å². The molecule has 0 aliphatic carbocycles. The van der Waals surface area contributed by atoms with Gasteiger partial charge in [0.05, 0.1) is 6.33 Å². The van der Waals surface area contributed by atoms with Gasteiger partial charge in [-0.15, -0.1) is 0 Å². The molecule has 0 aliphatic rings. The molecule has 2 rings (SSSR count). The van der Waals surface area contributed by atoms with Crippen LogP contribution in [0, 0.1) is 0 Å². The number of carbonyl (C=O) groups is 1. The Kier molecular flexibility index (Phi) is 5.07. The van der Waals surface area contributed by atoms with Crippen molar-refractivity contribution in [1.82, 2.24) is 0 Å². The van der Waals surface area contributed by atoms with Crippen molar-refractivity contribution < 1.29 is 13.9 Å². The number of allylic oxidation sites excluding steroid dienone is 1. The number of hydrogen-bond acceptors (Lipinski definition) is 2. The van der Waals surface area contributed by atoms with Crippen molar-refractivity contribution in [2.75, 3.05) is 0 Å². The van der Waals surface area contributed by atoms with E-state index in [-0.39, 0.29) is 0 Å². The van der Waals surface area contributed by atoms with Crippen molar-refractivity contribution in [1.29, 1.82) is 0 Å². The van der Waals surface area contributed by atoms with E-state index in [0.717, 1.165) is 17.5 Å². The molecule has 0 spiro atoms. The Balaban J connectivity index is 2.07. The van der Waals surface area contributed by atoms with Gasteiger partial charge >= 0.3 is 0 Å². The smallest absolute Gasteiger partial charge is 0.298 e. The predicted molar refractivity (Wildman–Crippen MR) is 77.1 cm³/mol. The number of rotatable bonds is 6. The number of carbonyl (C=O) groups excluding carboxylic acids is 1. The molecule has 0 N–H and O–H groups in total. The highest BCUT2D eigenvalue weighted by Gasteiger charge is 1.99. The van der Waals surface area contributed by atoms with Crippen molar-refractivity contribution >= 4 is 6.47 Å². The maximum atomic E-state index is 11.9. The molecule has 2 aromatic carbocycles. The van der Waals surface area contributed by atoms with Crippen LogP contribution in [0.1, 0.15) is 12.0 Å². The van der Waals surface area contributed by atoms with E-state index in [1.807, 2.05) is 36.4 Å². The van der Waals surface area contributed by atoms with Crippen molar-refractivity contribution in [2.24, 2.45) is 0 Å². The van der Waals surface area contributed by atoms with Gasteiger partial charge in [-0.2, -0.15) is 0 Å². The highest BCUT2D eigenvalue weighted by Crippen LogP contribution is 2.23. The zero-order chi connectivity index (χ0) is 14.2. The van der Waals surface area contributed by atoms with Crippen LogP contribution in [0.5, 0.6) is 5.75 Å². The zero-order valence-corrected chi connectivity index (χ0v) is 11.0. The van der Waals surface area contributed by atoms with Gasteiger partial charge in [0, 0.05) is 0 Å². The second kappa shape index (κ2) is 7.24. The SMILES string of the molecule is O=COc1ccc(-c2ccc(CCC=CF)cc2)cc1. The minimum absolute atomic E-state index is 0.412. The quantitative estimate of drug-likeness (QED) is 0.731. The summed E-state index contributed by atoms with van der Waals surface area (Å²) in [4.78, 5) is 10.2. The summed E-state index contributed by atoms with van der Waals surface area (Å²) in [6.45, 7) is 0.412. The predicted octanol–water partition coefficient (Wildman–Crippen LogP) is 4.30. The largest absolute Gasteiger partial charge is 0.429 e. The number of ether oxygens (including phenoxy) is 1. The average molecular weight is 270 g/mol. The molecule has 2 nitrogen and oxygen atoms in total. The van der Waals surface area contributed by atoms with Crippen molar-refractivity contribution in [3.8, 4) is 16.9 Å². The topological polar surface area (TPSA) is 26.3 Å². The van der Waals surface area contributed by atoms with Crippen LogP contribution in [0.3, 0.4) is 0 Å². The Bertz CT molecular complexity index is 571. The highest BCUT2D eigenvalue weighted by atomic mass is 19.1. The summed E-state index contributed by atoms with van der Waals surface area (Å²) in [6.07, 6.45) is 3.62. The first kappa shape index (κ1) is 14.0. The summed E-state index contributed by atoms with van der Waals surface area (Å²) in [6, 6.07) is 15.5. The molecule has 0 bridgehead atoms. The lowest BCUT2D eigenvalue weighted by molar-refractivity contribution is -0.120. The number of aryl methyl sites for hydroxylation is 1. The fraction of sp³-hybridized carbons (Fsp3) is 0.118. The van der Waals surface area contributed by atoms with Gasteiger partial charge in [0.15, 0.2) is 0 Å². The normalized spacial score (nSPS) is 10.7. The molecule has 0 saturated carbocycles. The highest BCUT2D eigenvalue weighted by molar-refractivity contribution is 5.64. The first-order chi connectivity index (χ1) is 9.83. The minimum atomic E-state index is 0.412. The Hall–Kier alpha value is -2.42. The summed E-state index contributed by atoms with van der Waals surface area (Å²) < 4.78 is 16.6. The average Bonchev–Trinajstić information content (AvgIpc) is 2.49. The fourth-order valence-corrected chi connectivity index (χ4v) is 1.96. The Morgan fingerprint density at radius 2 is 1.55 bits per heavy atom. The monoisotopic (exact) mass is 270 g/mol. The molecule has 0 unspecified atom stereocenters. The third-order valence-electron chi connectivity index (χ3n) is 3.01. The molecule has 102 valence electrons. The molecule has 0 fully saturated rings. The molecule has 0 atom stereocenters. The van der Waals surface area contributed by atoms with E-state index in [1.54, 1.807) is 12.1 Å². The summed E-state index contributed by atoms with van der Waals surface area (Å²) >= 11 is 0. The van der Waals surface area contributed by atoms with Gasteiger partial charge in [-0.3, -0.25) is 4.79 Å². The van der Waals surface area contributed by atoms with E-state index in [4.69, 9.17) is 4.74 Å². The molecule has 0 saturated heterocycles. The minimum Gasteiger partial charge on any atom is -0.429 e. The molecule has 20 heavy (non-hydrogen) atoms. The van der Waals surface area contributed by atoms with Gasteiger partial charge < -0.3 is 4.74 Å². The lowest BCUT2D eigenvalue weighted by Gasteiger charge is -2.05. The third kappa shape index (κ3) is 3.79. The summed E-state index contributed by atoms with van der Waals surface area (Å²) in [7, 11) is 0. The Morgan fingerprint density at radius 1 is 0.950 bits per heavy atom. The van der Waals surface area contributed by atoms with Gasteiger partial charge in [0.2, 0.25) is 0 Å². The van der Waals surface area contributed by atoms with Gasteiger partial charge in [-0.1, -0.05) is 42.5 Å². The van der Waals surface area contributed by atoms with Crippen LogP contribution < -0.4 is 4.74 Å². The van der Waals surface area contributed by atoms with Crippen molar-refractivity contribution in [3.63, 3.8) is 0 Å². The van der Waals surface area contributed by atoms with Gasteiger partial charge in [-0.25, -0.2) is 4.39 Å². The molecular formula is C17H15FO2. The first-order valence-corrected chi connectivity index (χ1v) is 6.38. The van der Waals surface area contributed by atoms with Crippen LogP contribution in [-0.2, 0) is 11.2 Å². The third-order valence-corrected chi connectivity index (χ3v) is 3.01. The second-order valence-corrected chi connectivity index (χ2v) is 4.34. The van der Waals surface area contributed by atoms with E-state index >= 15 is 0 Å². The molecule has 0 radical (unpaired) electrons. The Morgan fingerprint density at radius 3 is 2.10 bits per heavy atom. The van der Waals surface area contributed by atoms with Crippen molar-refractivity contribution in [2.45, 2.75) is 12.8 Å². The lowest BCUT2D eigenvalue weighted by atomic mass is 10.0. The number of halogens is 1. The van der Waals surface area contributed by atoms with E-state index in [1.165, 1.54) is 11.6 Å². The van der Waals surface area contributed by atoms with Crippen LogP contribution in [0.25, 0.3) is 11.1 Å². The summed E-state index contributed by atoms with van der Waals surface area (Å²) in [5, 5.41) is 0. The summed E-state index contributed by atoms with van der Waals surface area (Å²) in [5.41, 5.74) is 3.32. The van der Waals surface area contributed by atoms with E-state index in [9.17, 15) is 9.18 Å². The van der Waals surface area contributed by atoms with E-state index in [0.29, 0.717) is 25.0 Å². The molecule has 0 aromatic heterocycles. The molecule has 2 aromatic rings. The maximum absolute atomic E-state index is 11.9. The van der Waals surface area contributed by atoms with Gasteiger partial charge in [0.1, 0.15) is 5.75 Å². The summed E-state index contributed by atoms with van der Waals surface area (Å²) in [5.74, 6) is 0.526. The first-order valence-electron chi connectivity index (χ1n) is 6.38. The molecular weight excluding hydrogens is 255 g/mol. The van der Waals surface area contributed by atoms with Crippen LogP contribution in [0.15, 0.2) is 60.9 Å². The van der Waals surface area contributed by atoms with E-state index in [2.05, 4.69) is 0 Å². The standard InChI is InChI=1S/C17H15FO2/c18-12-2-1-3-14-4-6-15(7-5-14)16-8-10-17(11-9-16)20-13-19/h2,4-13H,1,3H2.